The second-order valence-corrected chi connectivity index (χ2v) is 9.01. The molecule has 0 radical (unpaired) electrons. The molecule has 4 aliphatic carbocycles. The number of nitrogens with zero attached hydrogens (tertiary/aromatic N) is 2. The molecule has 1 saturated heterocycles. The number of halogens is 2. The van der Waals surface area contributed by atoms with Crippen LogP contribution in [0.2, 0.25) is 0 Å². The summed E-state index contributed by atoms with van der Waals surface area (Å²) in [6.07, 6.45) is 6.08. The Bertz CT molecular complexity index is 719. The average Bonchev–Trinajstić information content (AvgIpc) is 2.56. The zero-order valence-electron chi connectivity index (χ0n) is 14.7. The van der Waals surface area contributed by atoms with E-state index in [9.17, 15) is 13.6 Å². The van der Waals surface area contributed by atoms with Crippen LogP contribution in [-0.2, 0) is 4.79 Å². The molecule has 1 heterocycles. The molecule has 3 nitrogen and oxygen atoms in total. The first-order valence-corrected chi connectivity index (χ1v) is 9.45. The third kappa shape index (κ3) is 1.98. The third-order valence-electron chi connectivity index (χ3n) is 7.10. The molecule has 134 valence electrons. The molecular weight excluding hydrogens is 322 g/mol. The van der Waals surface area contributed by atoms with Crippen molar-refractivity contribution in [2.75, 3.05) is 5.01 Å². The summed E-state index contributed by atoms with van der Waals surface area (Å²) in [4.78, 5) is 13.0. The van der Waals surface area contributed by atoms with E-state index in [1.165, 1.54) is 38.2 Å². The Labute approximate surface area is 146 Å². The van der Waals surface area contributed by atoms with Crippen molar-refractivity contribution in [3.05, 3.63) is 29.8 Å². The zero-order valence-corrected chi connectivity index (χ0v) is 14.7. The summed E-state index contributed by atoms with van der Waals surface area (Å²) < 4.78 is 28.3. The van der Waals surface area contributed by atoms with Crippen molar-refractivity contribution in [1.82, 2.24) is 5.01 Å². The molecule has 0 aromatic heterocycles. The average molecular weight is 346 g/mol. The van der Waals surface area contributed by atoms with Crippen LogP contribution in [0.1, 0.15) is 46.0 Å². The van der Waals surface area contributed by atoms with Crippen molar-refractivity contribution < 1.29 is 13.6 Å². The van der Waals surface area contributed by atoms with Gasteiger partial charge in [0.25, 0.3) is 5.91 Å². The van der Waals surface area contributed by atoms with Crippen LogP contribution in [0.5, 0.6) is 0 Å². The number of rotatable bonds is 2. The van der Waals surface area contributed by atoms with Gasteiger partial charge in [-0.1, -0.05) is 6.07 Å². The molecule has 1 aliphatic heterocycles. The summed E-state index contributed by atoms with van der Waals surface area (Å²) in [6, 6.07) is 4.37. The summed E-state index contributed by atoms with van der Waals surface area (Å²) in [5, 5.41) is 3.51. The van der Waals surface area contributed by atoms with Crippen LogP contribution in [0.15, 0.2) is 18.2 Å². The summed E-state index contributed by atoms with van der Waals surface area (Å²) >= 11 is 0. The first kappa shape index (κ1) is 15.6. The smallest absolute Gasteiger partial charge is 0.268 e. The predicted octanol–water partition coefficient (Wildman–Crippen LogP) is 4.13. The lowest BCUT2D eigenvalue weighted by atomic mass is 9.53. The molecule has 4 saturated carbocycles. The van der Waals surface area contributed by atoms with E-state index in [1.807, 2.05) is 0 Å². The Morgan fingerprint density at radius 2 is 1.60 bits per heavy atom. The van der Waals surface area contributed by atoms with Gasteiger partial charge in [-0.15, -0.1) is 0 Å². The molecule has 0 spiro atoms. The molecule has 6 rings (SSSR count). The van der Waals surface area contributed by atoms with Gasteiger partial charge < -0.3 is 0 Å². The van der Waals surface area contributed by atoms with Gasteiger partial charge in [0.05, 0.1) is 11.7 Å². The zero-order chi connectivity index (χ0) is 17.5. The Balaban J connectivity index is 1.54. The molecular formula is C20H24F2N2O. The van der Waals surface area contributed by atoms with E-state index >= 15 is 0 Å². The molecule has 5 aliphatic rings. The lowest BCUT2D eigenvalue weighted by Crippen LogP contribution is -2.80. The first-order valence-electron chi connectivity index (χ1n) is 9.45. The number of hydrogen-bond acceptors (Lipinski definition) is 2. The fourth-order valence-corrected chi connectivity index (χ4v) is 6.32. The summed E-state index contributed by atoms with van der Waals surface area (Å²) in [5.74, 6) is 0.944. The molecule has 1 aromatic carbocycles. The molecule has 5 fully saturated rings. The highest BCUT2D eigenvalue weighted by atomic mass is 19.2. The van der Waals surface area contributed by atoms with Crippen LogP contribution in [0, 0.1) is 35.3 Å². The predicted molar refractivity (Wildman–Crippen MR) is 90.6 cm³/mol. The number of carbonyl (C=O) groups excluding carboxylic acids is 1. The lowest BCUT2D eigenvalue weighted by molar-refractivity contribution is -0.170. The maximum absolute atomic E-state index is 14.5. The monoisotopic (exact) mass is 346 g/mol. The Morgan fingerprint density at radius 3 is 2.20 bits per heavy atom. The Morgan fingerprint density at radius 1 is 1.00 bits per heavy atom. The fraction of sp³-hybridized carbons (Fsp3) is 0.650. The minimum Gasteiger partial charge on any atom is -0.270 e. The van der Waals surface area contributed by atoms with Crippen molar-refractivity contribution >= 4 is 11.6 Å². The molecule has 25 heavy (non-hydrogen) atoms. The first-order chi connectivity index (χ1) is 11.9. The van der Waals surface area contributed by atoms with E-state index in [1.54, 1.807) is 29.9 Å². The van der Waals surface area contributed by atoms with E-state index in [0.717, 1.165) is 17.9 Å². The van der Waals surface area contributed by atoms with Crippen molar-refractivity contribution in [2.24, 2.45) is 23.7 Å². The quantitative estimate of drug-likeness (QED) is 0.804. The molecule has 0 unspecified atom stereocenters. The van der Waals surface area contributed by atoms with Gasteiger partial charge in [-0.25, -0.2) is 13.8 Å². The van der Waals surface area contributed by atoms with E-state index in [0.29, 0.717) is 11.8 Å². The van der Waals surface area contributed by atoms with Gasteiger partial charge in [-0.2, -0.15) is 0 Å². The van der Waals surface area contributed by atoms with Crippen molar-refractivity contribution in [3.8, 4) is 0 Å². The number of anilines is 1. The molecule has 1 aromatic rings. The van der Waals surface area contributed by atoms with Gasteiger partial charge in [0.2, 0.25) is 0 Å². The van der Waals surface area contributed by atoms with Crippen molar-refractivity contribution in [2.45, 2.75) is 57.5 Å². The summed E-state index contributed by atoms with van der Waals surface area (Å²) in [7, 11) is 0. The summed E-state index contributed by atoms with van der Waals surface area (Å²) in [6.45, 7) is 3.60. The highest BCUT2D eigenvalue weighted by molar-refractivity contribution is 5.98. The van der Waals surface area contributed by atoms with Crippen molar-refractivity contribution in [3.63, 3.8) is 0 Å². The van der Waals surface area contributed by atoms with Gasteiger partial charge in [0, 0.05) is 0 Å². The largest absolute Gasteiger partial charge is 0.270 e. The SMILES string of the molecule is CC1(C)C(=O)N(C2C3CC4CC(C3)CC2C4)N1c1cccc(F)c1F. The second-order valence-electron chi connectivity index (χ2n) is 9.01. The number of carbonyl (C=O) groups is 1. The van der Waals surface area contributed by atoms with E-state index in [4.69, 9.17) is 0 Å². The number of hydrazine groups is 1. The Kier molecular flexibility index (Phi) is 3.09. The van der Waals surface area contributed by atoms with Crippen LogP contribution in [-0.4, -0.2) is 22.5 Å². The molecule has 5 heteroatoms. The topological polar surface area (TPSA) is 23.6 Å². The molecule has 1 amide bonds. The fourth-order valence-electron chi connectivity index (χ4n) is 6.32. The van der Waals surface area contributed by atoms with Crippen LogP contribution < -0.4 is 5.01 Å². The summed E-state index contributed by atoms with van der Waals surface area (Å²) in [5.41, 5.74) is -0.651. The van der Waals surface area contributed by atoms with Gasteiger partial charge >= 0.3 is 0 Å². The van der Waals surface area contributed by atoms with E-state index in [2.05, 4.69) is 0 Å². The molecule has 0 atom stereocenters. The Hall–Kier alpha value is -1.65. The maximum atomic E-state index is 14.5. The molecule has 0 N–H and O–H groups in total. The molecule has 4 bridgehead atoms. The lowest BCUT2D eigenvalue weighted by Gasteiger charge is -2.65. The van der Waals surface area contributed by atoms with Crippen LogP contribution in [0.4, 0.5) is 14.5 Å². The van der Waals surface area contributed by atoms with Crippen LogP contribution >= 0.6 is 0 Å². The maximum Gasteiger partial charge on any atom is 0.268 e. The number of amides is 1. The van der Waals surface area contributed by atoms with Gasteiger partial charge in [-0.3, -0.25) is 9.80 Å². The van der Waals surface area contributed by atoms with E-state index in [-0.39, 0.29) is 17.6 Å². The normalized spacial score (nSPS) is 38.2. The van der Waals surface area contributed by atoms with Gasteiger partial charge in [-0.05, 0) is 81.8 Å². The minimum atomic E-state index is -0.864. The highest BCUT2D eigenvalue weighted by Crippen LogP contribution is 2.57. The van der Waals surface area contributed by atoms with Crippen LogP contribution in [0.3, 0.4) is 0 Å². The number of benzene rings is 1. The highest BCUT2D eigenvalue weighted by Gasteiger charge is 2.61. The van der Waals surface area contributed by atoms with Gasteiger partial charge in [0.15, 0.2) is 11.6 Å². The number of hydrogen-bond donors (Lipinski definition) is 0. The third-order valence-corrected chi connectivity index (χ3v) is 7.10. The van der Waals surface area contributed by atoms with Crippen LogP contribution in [0.25, 0.3) is 0 Å². The van der Waals surface area contributed by atoms with Crippen molar-refractivity contribution in [1.29, 1.82) is 0 Å². The minimum absolute atomic E-state index is 0.0358. The standard InChI is InChI=1S/C20H24F2N2O/c1-20(2)19(25)23(24(20)16-5-3-4-15(21)17(16)22)18-13-7-11-6-12(9-13)10-14(18)8-11/h3-5,11-14,18H,6-10H2,1-2H3. The van der Waals surface area contributed by atoms with E-state index < -0.39 is 17.2 Å². The second kappa shape index (κ2) is 4.95. The van der Waals surface area contributed by atoms with Gasteiger partial charge in [0.1, 0.15) is 5.54 Å².